The summed E-state index contributed by atoms with van der Waals surface area (Å²) in [6, 6.07) is 1.29. The van der Waals surface area contributed by atoms with E-state index in [1.54, 1.807) is 25.7 Å². The molecule has 4 aromatic rings. The molecule has 1 saturated heterocycles. The number of nitrogens with one attached hydrogen (secondary N) is 1. The molecule has 1 aromatic carbocycles. The fourth-order valence-corrected chi connectivity index (χ4v) is 6.15. The largest absolute Gasteiger partial charge is 0.444 e. The van der Waals surface area contributed by atoms with Crippen LogP contribution in [-0.2, 0) is 22.7 Å². The number of alkyl halides is 1. The molecule has 41 heavy (non-hydrogen) atoms. The minimum absolute atomic E-state index is 0.000215. The van der Waals surface area contributed by atoms with Crippen LogP contribution in [0.3, 0.4) is 0 Å². The number of rotatable bonds is 3. The summed E-state index contributed by atoms with van der Waals surface area (Å²) in [5, 5.41) is 13.1. The summed E-state index contributed by atoms with van der Waals surface area (Å²) in [6.45, 7) is 5.37. The van der Waals surface area contributed by atoms with Gasteiger partial charge in [0.05, 0.1) is 48.0 Å². The lowest BCUT2D eigenvalue weighted by molar-refractivity contribution is 0.0636. The van der Waals surface area contributed by atoms with Gasteiger partial charge in [0.1, 0.15) is 28.4 Å². The van der Waals surface area contributed by atoms with Crippen LogP contribution in [0.2, 0.25) is 0 Å². The van der Waals surface area contributed by atoms with E-state index in [0.717, 1.165) is 17.5 Å². The first-order chi connectivity index (χ1) is 19.5. The summed E-state index contributed by atoms with van der Waals surface area (Å²) in [5.41, 5.74) is 5.96. The van der Waals surface area contributed by atoms with Gasteiger partial charge in [-0.25, -0.2) is 27.9 Å². The van der Waals surface area contributed by atoms with E-state index in [1.807, 2.05) is 6.07 Å². The molecule has 3 aromatic heterocycles. The molecule has 1 fully saturated rings. The van der Waals surface area contributed by atoms with Crippen LogP contribution < -0.4 is 16.0 Å². The summed E-state index contributed by atoms with van der Waals surface area (Å²) in [5.74, 6) is -1.40. The number of amides is 1. The summed E-state index contributed by atoms with van der Waals surface area (Å²) in [7, 11) is 0. The molecule has 3 N–H and O–H groups in total. The fourth-order valence-electron chi connectivity index (χ4n) is 5.11. The van der Waals surface area contributed by atoms with Crippen molar-refractivity contribution < 1.29 is 27.4 Å². The van der Waals surface area contributed by atoms with Crippen LogP contribution in [0.25, 0.3) is 32.2 Å². The molecule has 0 bridgehead atoms. The van der Waals surface area contributed by atoms with Crippen molar-refractivity contribution in [3.8, 4) is 17.3 Å². The fraction of sp³-hybridized carbons (Fsp3) is 0.370. The number of nitrogens with zero attached hydrogens (tertiary/aromatic N) is 5. The number of aromatic nitrogens is 3. The number of carbonyl (C=O) groups is 1. The SMILES string of the molecule is CC(C)(C)OC(=O)Nc1sc2c(F)cnc(-c3c4c(c5cnc(N6C[C@H](N)[C@@H](F)C6)nc5c3F)COC4)c2c1C#N. The average molecular weight is 584 g/mol. The van der Waals surface area contributed by atoms with Gasteiger partial charge in [0.15, 0.2) is 11.6 Å². The Kier molecular flexibility index (Phi) is 6.48. The molecule has 2 aliphatic rings. The van der Waals surface area contributed by atoms with Crippen molar-refractivity contribution in [2.24, 2.45) is 5.73 Å². The van der Waals surface area contributed by atoms with Crippen molar-refractivity contribution in [3.05, 3.63) is 40.7 Å². The van der Waals surface area contributed by atoms with Crippen LogP contribution in [0, 0.1) is 23.0 Å². The van der Waals surface area contributed by atoms with Gasteiger partial charge < -0.3 is 20.1 Å². The number of halogens is 3. The Morgan fingerprint density at radius 2 is 2.00 bits per heavy atom. The van der Waals surface area contributed by atoms with Gasteiger partial charge in [0.2, 0.25) is 5.95 Å². The topological polar surface area (TPSA) is 139 Å². The standard InChI is InChI=1S/C27H24F3N7O3S/c1-27(2,3)40-26(38)36-24-11(4-31)19-22(33-6-15(28)23(19)41-24)18-14-10-39-9-13(14)12-5-34-25(35-21(12)20(18)30)37-7-16(29)17(32)8-37/h5-6,16-17H,7-10,32H2,1-3H3,(H,36,38)/t16-,17-/m0/s1. The molecule has 0 radical (unpaired) electrons. The second kappa shape index (κ2) is 9.79. The summed E-state index contributed by atoms with van der Waals surface area (Å²) >= 11 is 0.818. The van der Waals surface area contributed by atoms with E-state index in [9.17, 15) is 14.4 Å². The van der Waals surface area contributed by atoms with E-state index in [0.29, 0.717) is 16.5 Å². The lowest BCUT2D eigenvalue weighted by Gasteiger charge is -2.19. The number of pyridine rings is 1. The van der Waals surface area contributed by atoms with Crippen molar-refractivity contribution >= 4 is 49.4 Å². The molecule has 212 valence electrons. The smallest absolute Gasteiger partial charge is 0.412 e. The highest BCUT2D eigenvalue weighted by Gasteiger charge is 2.34. The molecule has 0 aliphatic carbocycles. The number of thiophene rings is 1. The Labute approximate surface area is 235 Å². The molecule has 10 nitrogen and oxygen atoms in total. The van der Waals surface area contributed by atoms with Crippen LogP contribution in [0.5, 0.6) is 0 Å². The number of hydrogen-bond donors (Lipinski definition) is 2. The average Bonchev–Trinajstić information content (AvgIpc) is 3.61. The second-order valence-electron chi connectivity index (χ2n) is 10.9. The van der Waals surface area contributed by atoms with E-state index < -0.39 is 35.5 Å². The van der Waals surface area contributed by atoms with Crippen LogP contribution >= 0.6 is 11.3 Å². The Hall–Kier alpha value is -4.06. The third-order valence-electron chi connectivity index (χ3n) is 6.89. The zero-order chi connectivity index (χ0) is 29.2. The van der Waals surface area contributed by atoms with E-state index >= 15 is 8.78 Å². The van der Waals surface area contributed by atoms with Gasteiger partial charge in [0.25, 0.3) is 0 Å². The lowest BCUT2D eigenvalue weighted by Crippen LogP contribution is -2.30. The van der Waals surface area contributed by atoms with E-state index in [2.05, 4.69) is 20.3 Å². The van der Waals surface area contributed by atoms with Gasteiger partial charge in [-0.1, -0.05) is 0 Å². The first-order valence-electron chi connectivity index (χ1n) is 12.7. The van der Waals surface area contributed by atoms with E-state index in [4.69, 9.17) is 15.2 Å². The third kappa shape index (κ3) is 4.59. The van der Waals surface area contributed by atoms with Crippen molar-refractivity contribution in [2.75, 3.05) is 23.3 Å². The maximum Gasteiger partial charge on any atom is 0.412 e. The van der Waals surface area contributed by atoms with Crippen LogP contribution in [0.1, 0.15) is 37.5 Å². The summed E-state index contributed by atoms with van der Waals surface area (Å²) in [6.07, 6.45) is 0.308. The third-order valence-corrected chi connectivity index (χ3v) is 8.01. The molecule has 0 spiro atoms. The van der Waals surface area contributed by atoms with Gasteiger partial charge in [-0.2, -0.15) is 5.26 Å². The normalized spacial score (nSPS) is 18.6. The number of nitrogens with two attached hydrogens (primary N) is 1. The van der Waals surface area contributed by atoms with Crippen LogP contribution in [-0.4, -0.2) is 51.9 Å². The second-order valence-corrected chi connectivity index (χ2v) is 11.9. The van der Waals surface area contributed by atoms with Crippen LogP contribution in [0.4, 0.5) is 28.9 Å². The molecule has 2 aliphatic heterocycles. The molecule has 5 heterocycles. The summed E-state index contributed by atoms with van der Waals surface area (Å²) < 4.78 is 56.6. The zero-order valence-corrected chi connectivity index (χ0v) is 23.0. The van der Waals surface area contributed by atoms with Gasteiger partial charge in [-0.15, -0.1) is 11.3 Å². The van der Waals surface area contributed by atoms with Gasteiger partial charge >= 0.3 is 6.09 Å². The number of benzene rings is 1. The molecular formula is C27H24F3N7O3S. The quantitative estimate of drug-likeness (QED) is 0.344. The van der Waals surface area contributed by atoms with Gasteiger partial charge in [-0.05, 0) is 31.9 Å². The van der Waals surface area contributed by atoms with Crippen molar-refractivity contribution in [1.82, 2.24) is 15.0 Å². The lowest BCUT2D eigenvalue weighted by atomic mass is 9.94. The predicted molar refractivity (Wildman–Crippen MR) is 146 cm³/mol. The summed E-state index contributed by atoms with van der Waals surface area (Å²) in [4.78, 5) is 27.0. The van der Waals surface area contributed by atoms with Crippen molar-refractivity contribution in [2.45, 2.75) is 51.8 Å². The highest BCUT2D eigenvalue weighted by atomic mass is 32.1. The number of hydrogen-bond acceptors (Lipinski definition) is 10. The number of anilines is 2. The number of fused-ring (bicyclic) bond motifs is 4. The van der Waals surface area contributed by atoms with E-state index in [1.165, 1.54) is 6.20 Å². The van der Waals surface area contributed by atoms with Crippen LogP contribution in [0.15, 0.2) is 12.4 Å². The number of ether oxygens (including phenoxy) is 2. The zero-order valence-electron chi connectivity index (χ0n) is 22.2. The Morgan fingerprint density at radius 3 is 2.68 bits per heavy atom. The first-order valence-corrected chi connectivity index (χ1v) is 13.5. The highest BCUT2D eigenvalue weighted by Crippen LogP contribution is 2.46. The molecule has 2 atom stereocenters. The monoisotopic (exact) mass is 583 g/mol. The molecule has 1 amide bonds. The van der Waals surface area contributed by atoms with Crippen molar-refractivity contribution in [3.63, 3.8) is 0 Å². The maximum atomic E-state index is 16.5. The number of nitriles is 1. The highest BCUT2D eigenvalue weighted by molar-refractivity contribution is 7.23. The maximum absolute atomic E-state index is 16.5. The molecule has 6 rings (SSSR count). The Bertz CT molecular complexity index is 1770. The van der Waals surface area contributed by atoms with Gasteiger partial charge in [0, 0.05) is 29.1 Å². The minimum Gasteiger partial charge on any atom is -0.444 e. The van der Waals surface area contributed by atoms with Gasteiger partial charge in [-0.3, -0.25) is 10.3 Å². The van der Waals surface area contributed by atoms with E-state index in [-0.39, 0.29) is 69.7 Å². The molecule has 14 heteroatoms. The predicted octanol–water partition coefficient (Wildman–Crippen LogP) is 4.92. The number of carbonyl (C=O) groups excluding carboxylic acids is 1. The first kappa shape index (κ1) is 27.1. The molecular weight excluding hydrogens is 559 g/mol. The van der Waals surface area contributed by atoms with Crippen molar-refractivity contribution in [1.29, 1.82) is 5.26 Å². The molecule has 0 unspecified atom stereocenters. The Morgan fingerprint density at radius 1 is 1.24 bits per heavy atom. The molecule has 0 saturated carbocycles. The Balaban J connectivity index is 1.55. The minimum atomic E-state index is -1.27.